The maximum atomic E-state index is 5.83. The lowest BCUT2D eigenvalue weighted by molar-refractivity contribution is 0.599. The molecule has 0 amide bonds. The predicted molar refractivity (Wildman–Crippen MR) is 93.9 cm³/mol. The van der Waals surface area contributed by atoms with Crippen LogP contribution in [0, 0.1) is 0 Å². The molecule has 3 aromatic rings. The van der Waals surface area contributed by atoms with Gasteiger partial charge in [0.15, 0.2) is 5.13 Å². The van der Waals surface area contributed by atoms with Gasteiger partial charge in [0.25, 0.3) is 0 Å². The number of nitrogen functional groups attached to an aromatic ring is 1. The Labute approximate surface area is 138 Å². The summed E-state index contributed by atoms with van der Waals surface area (Å²) in [6.07, 6.45) is 4.55. The van der Waals surface area contributed by atoms with E-state index in [1.165, 1.54) is 35.4 Å². The first-order chi connectivity index (χ1) is 11.3. The third-order valence-corrected chi connectivity index (χ3v) is 5.60. The normalized spacial score (nSPS) is 16.6. The molecule has 0 bridgehead atoms. The highest BCUT2D eigenvalue weighted by molar-refractivity contribution is 7.22. The Kier molecular flexibility index (Phi) is 2.82. The van der Waals surface area contributed by atoms with Crippen LogP contribution in [0.4, 0.5) is 11.1 Å². The van der Waals surface area contributed by atoms with Crippen LogP contribution in [-0.2, 0) is 12.8 Å². The Morgan fingerprint density at radius 3 is 2.78 bits per heavy atom. The van der Waals surface area contributed by atoms with Gasteiger partial charge in [-0.05, 0) is 37.8 Å². The van der Waals surface area contributed by atoms with Crippen molar-refractivity contribution in [1.82, 2.24) is 15.0 Å². The van der Waals surface area contributed by atoms with Crippen molar-refractivity contribution in [2.45, 2.75) is 25.7 Å². The molecule has 0 unspecified atom stereocenters. The Morgan fingerprint density at radius 1 is 1.04 bits per heavy atom. The van der Waals surface area contributed by atoms with Gasteiger partial charge >= 0.3 is 0 Å². The van der Waals surface area contributed by atoms with E-state index in [2.05, 4.69) is 28.1 Å². The van der Waals surface area contributed by atoms with Crippen molar-refractivity contribution in [2.24, 2.45) is 0 Å². The highest BCUT2D eigenvalue weighted by Crippen LogP contribution is 2.35. The first-order valence-electron chi connectivity index (χ1n) is 8.09. The first kappa shape index (κ1) is 13.2. The summed E-state index contributed by atoms with van der Waals surface area (Å²) in [6.45, 7) is 2.14. The fourth-order valence-corrected chi connectivity index (χ4v) is 4.12. The highest BCUT2D eigenvalue weighted by atomic mass is 32.1. The van der Waals surface area contributed by atoms with Crippen LogP contribution in [0.3, 0.4) is 0 Å². The quantitative estimate of drug-likeness (QED) is 0.785. The molecule has 2 N–H and O–H groups in total. The van der Waals surface area contributed by atoms with Crippen LogP contribution in [0.1, 0.15) is 24.1 Å². The minimum absolute atomic E-state index is 0.617. The monoisotopic (exact) mass is 323 g/mol. The van der Waals surface area contributed by atoms with Crippen molar-refractivity contribution in [3.05, 3.63) is 29.5 Å². The van der Waals surface area contributed by atoms with E-state index < -0.39 is 0 Å². The van der Waals surface area contributed by atoms with Gasteiger partial charge in [-0.1, -0.05) is 17.4 Å². The molecule has 116 valence electrons. The van der Waals surface area contributed by atoms with Gasteiger partial charge in [-0.25, -0.2) is 15.0 Å². The van der Waals surface area contributed by atoms with E-state index in [-0.39, 0.29) is 0 Å². The van der Waals surface area contributed by atoms with E-state index in [9.17, 15) is 0 Å². The molecule has 1 aliphatic carbocycles. The van der Waals surface area contributed by atoms with Crippen LogP contribution >= 0.6 is 11.3 Å². The second-order valence-electron chi connectivity index (χ2n) is 6.23. The third kappa shape index (κ3) is 2.09. The molecule has 1 saturated heterocycles. The number of rotatable bonds is 2. The average Bonchev–Trinajstić information content (AvgIpc) is 3.08. The lowest BCUT2D eigenvalue weighted by Crippen LogP contribution is -2.38. The molecule has 1 aromatic carbocycles. The van der Waals surface area contributed by atoms with Crippen molar-refractivity contribution in [3.63, 3.8) is 0 Å². The maximum Gasteiger partial charge on any atom is 0.226 e. The Morgan fingerprint density at radius 2 is 1.96 bits per heavy atom. The topological polar surface area (TPSA) is 67.9 Å². The molecule has 0 radical (unpaired) electrons. The zero-order valence-electron chi connectivity index (χ0n) is 12.7. The minimum atomic E-state index is 0.617. The zero-order valence-corrected chi connectivity index (χ0v) is 13.6. The summed E-state index contributed by atoms with van der Waals surface area (Å²) in [4.78, 5) is 16.4. The number of nitrogens with two attached hydrogens (primary N) is 1. The van der Waals surface area contributed by atoms with E-state index in [4.69, 9.17) is 15.7 Å². The summed E-state index contributed by atoms with van der Waals surface area (Å²) in [7, 11) is 0. The molecular formula is C17H17N5S. The third-order valence-electron chi connectivity index (χ3n) is 4.74. The summed E-state index contributed by atoms with van der Waals surface area (Å²) in [5, 5.41) is 0.617. The summed E-state index contributed by atoms with van der Waals surface area (Å²) in [6, 6.07) is 6.36. The van der Waals surface area contributed by atoms with Gasteiger partial charge < -0.3 is 10.6 Å². The van der Waals surface area contributed by atoms with E-state index in [1.54, 1.807) is 0 Å². The van der Waals surface area contributed by atoms with E-state index in [0.717, 1.165) is 53.4 Å². The molecule has 1 aliphatic heterocycles. The Bertz CT molecular complexity index is 913. The summed E-state index contributed by atoms with van der Waals surface area (Å²) in [5.74, 6) is 0.893. The molecular weight excluding hydrogens is 306 g/mol. The highest BCUT2D eigenvalue weighted by Gasteiger charge is 2.24. The van der Waals surface area contributed by atoms with Gasteiger partial charge in [0, 0.05) is 29.9 Å². The number of benzene rings is 1. The second-order valence-corrected chi connectivity index (χ2v) is 7.29. The number of thiazole rings is 1. The Balaban J connectivity index is 1.69. The summed E-state index contributed by atoms with van der Waals surface area (Å²) < 4.78 is 1.12. The lowest BCUT2D eigenvalue weighted by atomic mass is 10.0. The number of anilines is 2. The smallest absolute Gasteiger partial charge is 0.226 e. The maximum absolute atomic E-state index is 5.83. The molecule has 2 aromatic heterocycles. The standard InChI is InChI=1S/C17H17N5S/c18-16-19-13-9-10(5-6-14(13)23-16)15-11-3-1-4-12(11)20-17(21-15)22-7-2-8-22/h5-6,9H,1-4,7-8H2,(H2,18,19). The van der Waals surface area contributed by atoms with Crippen LogP contribution in [0.15, 0.2) is 18.2 Å². The van der Waals surface area contributed by atoms with Crippen molar-refractivity contribution >= 4 is 32.6 Å². The van der Waals surface area contributed by atoms with Gasteiger partial charge in [-0.15, -0.1) is 0 Å². The molecule has 5 nitrogen and oxygen atoms in total. The zero-order chi connectivity index (χ0) is 15.4. The van der Waals surface area contributed by atoms with Crippen molar-refractivity contribution in [2.75, 3.05) is 23.7 Å². The number of nitrogens with zero attached hydrogens (tertiary/aromatic N) is 4. The van der Waals surface area contributed by atoms with Gasteiger partial charge in [0.2, 0.25) is 5.95 Å². The molecule has 1 fully saturated rings. The molecule has 2 aliphatic rings. The summed E-state index contributed by atoms with van der Waals surface area (Å²) in [5.41, 5.74) is 11.6. The van der Waals surface area contributed by atoms with Crippen LogP contribution in [-0.4, -0.2) is 28.0 Å². The number of aryl methyl sites for hydroxylation is 1. The van der Waals surface area contributed by atoms with E-state index >= 15 is 0 Å². The van der Waals surface area contributed by atoms with Crippen LogP contribution in [0.5, 0.6) is 0 Å². The SMILES string of the molecule is Nc1nc2cc(-c3nc(N4CCC4)nc4c3CCC4)ccc2s1. The molecule has 0 atom stereocenters. The van der Waals surface area contributed by atoms with Gasteiger partial charge in [0.1, 0.15) is 0 Å². The fourth-order valence-electron chi connectivity index (χ4n) is 3.41. The number of hydrogen-bond donors (Lipinski definition) is 1. The number of aromatic nitrogens is 3. The fraction of sp³-hybridized carbons (Fsp3) is 0.353. The van der Waals surface area contributed by atoms with Gasteiger partial charge in [-0.2, -0.15) is 0 Å². The molecule has 0 saturated carbocycles. The minimum Gasteiger partial charge on any atom is -0.375 e. The Hall–Kier alpha value is -2.21. The average molecular weight is 323 g/mol. The number of hydrogen-bond acceptors (Lipinski definition) is 6. The lowest BCUT2D eigenvalue weighted by Gasteiger charge is -2.31. The van der Waals surface area contributed by atoms with Crippen molar-refractivity contribution in [1.29, 1.82) is 0 Å². The number of fused-ring (bicyclic) bond motifs is 2. The first-order valence-corrected chi connectivity index (χ1v) is 8.91. The molecule has 6 heteroatoms. The van der Waals surface area contributed by atoms with Gasteiger partial charge in [0.05, 0.1) is 15.9 Å². The van der Waals surface area contributed by atoms with E-state index in [1.807, 2.05) is 0 Å². The van der Waals surface area contributed by atoms with Crippen LogP contribution in [0.25, 0.3) is 21.5 Å². The van der Waals surface area contributed by atoms with Crippen LogP contribution in [0.2, 0.25) is 0 Å². The molecule has 3 heterocycles. The van der Waals surface area contributed by atoms with Crippen molar-refractivity contribution in [3.8, 4) is 11.3 Å². The largest absolute Gasteiger partial charge is 0.375 e. The molecule has 23 heavy (non-hydrogen) atoms. The second kappa shape index (κ2) is 4.89. The van der Waals surface area contributed by atoms with Gasteiger partial charge in [-0.3, -0.25) is 0 Å². The predicted octanol–water partition coefficient (Wildman–Crippen LogP) is 3.03. The van der Waals surface area contributed by atoms with E-state index in [0.29, 0.717) is 5.13 Å². The molecule has 5 rings (SSSR count). The molecule has 0 spiro atoms. The van der Waals surface area contributed by atoms with Crippen LogP contribution < -0.4 is 10.6 Å². The van der Waals surface area contributed by atoms with Crippen molar-refractivity contribution < 1.29 is 0 Å². The summed E-state index contributed by atoms with van der Waals surface area (Å²) >= 11 is 1.53.